The van der Waals surface area contributed by atoms with Gasteiger partial charge in [0.1, 0.15) is 6.54 Å². The highest BCUT2D eigenvalue weighted by Gasteiger charge is 2.35. The average Bonchev–Trinajstić information content (AvgIpc) is 2.59. The van der Waals surface area contributed by atoms with E-state index in [0.717, 1.165) is 0 Å². The summed E-state index contributed by atoms with van der Waals surface area (Å²) in [5, 5.41) is 0. The van der Waals surface area contributed by atoms with Gasteiger partial charge in [-0.25, -0.2) is 0 Å². The molecule has 1 fully saturated rings. The van der Waals surface area contributed by atoms with Crippen LogP contribution in [-0.4, -0.2) is 50.1 Å². The Hall–Kier alpha value is -1.59. The first-order valence-electron chi connectivity index (χ1n) is 4.51. The van der Waals surface area contributed by atoms with Crippen molar-refractivity contribution in [1.29, 1.82) is 0 Å². The van der Waals surface area contributed by atoms with Crippen LogP contribution < -0.4 is 0 Å². The van der Waals surface area contributed by atoms with Crippen LogP contribution >= 0.6 is 0 Å². The third-order valence-electron chi connectivity index (χ3n) is 2.30. The number of carbonyl (C=O) groups is 3. The van der Waals surface area contributed by atoms with E-state index < -0.39 is 17.9 Å². The normalized spacial score (nSPS) is 20.3. The summed E-state index contributed by atoms with van der Waals surface area (Å²) in [6.07, 6.45) is 0.101. The van der Waals surface area contributed by atoms with Crippen LogP contribution in [0.3, 0.4) is 0 Å². The molecule has 1 aliphatic rings. The van der Waals surface area contributed by atoms with Gasteiger partial charge >= 0.3 is 11.9 Å². The Morgan fingerprint density at radius 3 is 2.60 bits per heavy atom. The van der Waals surface area contributed by atoms with Crippen LogP contribution in [0.1, 0.15) is 6.42 Å². The molecular formula is C9H13NO5. The van der Waals surface area contributed by atoms with Crippen LogP contribution in [0.2, 0.25) is 0 Å². The van der Waals surface area contributed by atoms with Gasteiger partial charge in [0.15, 0.2) is 0 Å². The predicted molar refractivity (Wildman–Crippen MR) is 48.7 cm³/mol. The summed E-state index contributed by atoms with van der Waals surface area (Å²) in [5.41, 5.74) is 0. The van der Waals surface area contributed by atoms with Gasteiger partial charge in [-0.05, 0) is 0 Å². The van der Waals surface area contributed by atoms with E-state index >= 15 is 0 Å². The van der Waals surface area contributed by atoms with Crippen molar-refractivity contribution in [3.8, 4) is 0 Å². The molecular weight excluding hydrogens is 202 g/mol. The quantitative estimate of drug-likeness (QED) is 0.575. The molecule has 1 rings (SSSR count). The van der Waals surface area contributed by atoms with Gasteiger partial charge in [-0.1, -0.05) is 0 Å². The summed E-state index contributed by atoms with van der Waals surface area (Å²) in [6, 6.07) is 0. The van der Waals surface area contributed by atoms with Crippen LogP contribution in [0.25, 0.3) is 0 Å². The Labute approximate surface area is 87.1 Å². The second-order valence-corrected chi connectivity index (χ2v) is 3.27. The fourth-order valence-corrected chi connectivity index (χ4v) is 1.47. The highest BCUT2D eigenvalue weighted by molar-refractivity contribution is 5.89. The van der Waals surface area contributed by atoms with E-state index in [1.54, 1.807) is 0 Å². The number of likely N-dealkylation sites (tertiary alicyclic amines) is 1. The molecule has 0 aromatic carbocycles. The van der Waals surface area contributed by atoms with Crippen molar-refractivity contribution >= 4 is 17.8 Å². The third-order valence-corrected chi connectivity index (χ3v) is 2.30. The zero-order chi connectivity index (χ0) is 11.4. The largest absolute Gasteiger partial charge is 0.469 e. The van der Waals surface area contributed by atoms with E-state index in [9.17, 15) is 14.4 Å². The second kappa shape index (κ2) is 4.77. The average molecular weight is 215 g/mol. The van der Waals surface area contributed by atoms with Crippen LogP contribution in [0.4, 0.5) is 0 Å². The minimum Gasteiger partial charge on any atom is -0.469 e. The number of rotatable bonds is 3. The summed E-state index contributed by atoms with van der Waals surface area (Å²) in [7, 11) is 2.52. The first-order chi connectivity index (χ1) is 7.08. The van der Waals surface area contributed by atoms with Crippen molar-refractivity contribution < 1.29 is 23.9 Å². The first kappa shape index (κ1) is 11.5. The van der Waals surface area contributed by atoms with E-state index in [2.05, 4.69) is 9.47 Å². The van der Waals surface area contributed by atoms with Gasteiger partial charge in [-0.3, -0.25) is 14.4 Å². The maximum absolute atomic E-state index is 11.4. The summed E-state index contributed by atoms with van der Waals surface area (Å²) >= 11 is 0. The molecule has 0 aromatic rings. The molecule has 1 unspecified atom stereocenters. The smallest absolute Gasteiger partial charge is 0.325 e. The van der Waals surface area contributed by atoms with E-state index in [1.807, 2.05) is 0 Å². The van der Waals surface area contributed by atoms with Crippen molar-refractivity contribution in [3.63, 3.8) is 0 Å². The number of esters is 2. The standard InChI is InChI=1S/C9H13NO5/c1-14-8(12)5-10-4-6(3-7(10)11)9(13)15-2/h6H,3-5H2,1-2H3. The molecule has 0 N–H and O–H groups in total. The molecule has 0 saturated carbocycles. The molecule has 1 aliphatic heterocycles. The van der Waals surface area contributed by atoms with Gasteiger partial charge in [0.25, 0.3) is 0 Å². The minimum absolute atomic E-state index is 0.101. The number of amides is 1. The highest BCUT2D eigenvalue weighted by Crippen LogP contribution is 2.18. The number of carbonyl (C=O) groups excluding carboxylic acids is 3. The second-order valence-electron chi connectivity index (χ2n) is 3.27. The van der Waals surface area contributed by atoms with Gasteiger partial charge in [0.05, 0.1) is 20.1 Å². The van der Waals surface area contributed by atoms with Gasteiger partial charge in [0.2, 0.25) is 5.91 Å². The van der Waals surface area contributed by atoms with Crippen molar-refractivity contribution in [2.24, 2.45) is 5.92 Å². The van der Waals surface area contributed by atoms with Crippen molar-refractivity contribution in [2.45, 2.75) is 6.42 Å². The Morgan fingerprint density at radius 1 is 1.40 bits per heavy atom. The Kier molecular flexibility index (Phi) is 3.65. The molecule has 0 spiro atoms. The van der Waals surface area contributed by atoms with Crippen molar-refractivity contribution in [3.05, 3.63) is 0 Å². The van der Waals surface area contributed by atoms with E-state index in [1.165, 1.54) is 19.1 Å². The molecule has 1 heterocycles. The van der Waals surface area contributed by atoms with E-state index in [4.69, 9.17) is 0 Å². The minimum atomic E-state index is -0.492. The van der Waals surface area contributed by atoms with Crippen LogP contribution in [-0.2, 0) is 23.9 Å². The zero-order valence-corrected chi connectivity index (χ0v) is 8.69. The van der Waals surface area contributed by atoms with Gasteiger partial charge < -0.3 is 14.4 Å². The highest BCUT2D eigenvalue weighted by atomic mass is 16.5. The summed E-state index contributed by atoms with van der Waals surface area (Å²) in [4.78, 5) is 34.7. The fourth-order valence-electron chi connectivity index (χ4n) is 1.47. The Balaban J connectivity index is 2.53. The molecule has 1 amide bonds. The number of hydrogen-bond acceptors (Lipinski definition) is 5. The summed E-state index contributed by atoms with van der Waals surface area (Å²) in [5.74, 6) is -1.60. The number of hydrogen-bond donors (Lipinski definition) is 0. The topological polar surface area (TPSA) is 72.9 Å². The van der Waals surface area contributed by atoms with Crippen LogP contribution in [0.5, 0.6) is 0 Å². The molecule has 6 nitrogen and oxygen atoms in total. The van der Waals surface area contributed by atoms with Crippen LogP contribution in [0, 0.1) is 5.92 Å². The lowest BCUT2D eigenvalue weighted by atomic mass is 10.1. The maximum atomic E-state index is 11.4. The molecule has 0 aromatic heterocycles. The molecule has 84 valence electrons. The molecule has 15 heavy (non-hydrogen) atoms. The lowest BCUT2D eigenvalue weighted by molar-refractivity contribution is -0.146. The zero-order valence-electron chi connectivity index (χ0n) is 8.69. The third kappa shape index (κ3) is 2.68. The van der Waals surface area contributed by atoms with E-state index in [0.29, 0.717) is 0 Å². The number of ether oxygens (including phenoxy) is 2. The lowest BCUT2D eigenvalue weighted by Gasteiger charge is -2.13. The molecule has 6 heteroatoms. The summed E-state index contributed by atoms with van der Waals surface area (Å²) in [6.45, 7) is 0.115. The molecule has 0 aliphatic carbocycles. The fraction of sp³-hybridized carbons (Fsp3) is 0.667. The summed E-state index contributed by atoms with van der Waals surface area (Å²) < 4.78 is 8.96. The SMILES string of the molecule is COC(=O)CN1CC(C(=O)OC)CC1=O. The van der Waals surface area contributed by atoms with Crippen molar-refractivity contribution in [1.82, 2.24) is 4.90 Å². The number of methoxy groups -OCH3 is 2. The molecule has 0 bridgehead atoms. The van der Waals surface area contributed by atoms with Gasteiger partial charge in [0, 0.05) is 13.0 Å². The molecule has 0 radical (unpaired) electrons. The molecule has 1 saturated heterocycles. The van der Waals surface area contributed by atoms with Crippen molar-refractivity contribution in [2.75, 3.05) is 27.3 Å². The van der Waals surface area contributed by atoms with Gasteiger partial charge in [-0.15, -0.1) is 0 Å². The maximum Gasteiger partial charge on any atom is 0.325 e. The monoisotopic (exact) mass is 215 g/mol. The van der Waals surface area contributed by atoms with E-state index in [-0.39, 0.29) is 25.4 Å². The first-order valence-corrected chi connectivity index (χ1v) is 4.51. The Morgan fingerprint density at radius 2 is 2.07 bits per heavy atom. The lowest BCUT2D eigenvalue weighted by Crippen LogP contribution is -2.32. The molecule has 1 atom stereocenters. The Bertz CT molecular complexity index is 288. The van der Waals surface area contributed by atoms with Gasteiger partial charge in [-0.2, -0.15) is 0 Å². The van der Waals surface area contributed by atoms with Crippen LogP contribution in [0.15, 0.2) is 0 Å². The number of nitrogens with zero attached hydrogens (tertiary/aromatic N) is 1. The predicted octanol–water partition coefficient (Wildman–Crippen LogP) is -0.819.